The van der Waals surface area contributed by atoms with Gasteiger partial charge in [0, 0.05) is 17.6 Å². The molecule has 0 aromatic heterocycles. The van der Waals surface area contributed by atoms with E-state index in [4.69, 9.17) is 0 Å². The predicted octanol–water partition coefficient (Wildman–Crippen LogP) is 2.82. The third kappa shape index (κ3) is 2.20. The molecule has 0 bridgehead atoms. The molecular weight excluding hydrogens is 261 g/mol. The van der Waals surface area contributed by atoms with E-state index in [2.05, 4.69) is 15.9 Å². The summed E-state index contributed by atoms with van der Waals surface area (Å²) in [5.41, 5.74) is 0.159. The smallest absolute Gasteiger partial charge is 0.256 e. The first-order valence-electron chi connectivity index (χ1n) is 4.93. The third-order valence-corrected chi connectivity index (χ3v) is 3.05. The molecule has 1 aliphatic heterocycles. The average molecular weight is 272 g/mol. The van der Waals surface area contributed by atoms with Crippen molar-refractivity contribution >= 4 is 21.8 Å². The van der Waals surface area contributed by atoms with Crippen LogP contribution in [0.15, 0.2) is 22.7 Å². The first kappa shape index (κ1) is 10.6. The van der Waals surface area contributed by atoms with Crippen LogP contribution < -0.4 is 0 Å². The van der Waals surface area contributed by atoms with E-state index >= 15 is 0 Å². The maximum atomic E-state index is 13.4. The number of carbonyl (C=O) groups is 1. The molecule has 0 atom stereocenters. The lowest BCUT2D eigenvalue weighted by molar-refractivity contribution is 0.0788. The maximum Gasteiger partial charge on any atom is 0.256 e. The van der Waals surface area contributed by atoms with E-state index in [0.29, 0.717) is 0 Å². The molecule has 15 heavy (non-hydrogen) atoms. The molecule has 0 saturated carbocycles. The fraction of sp³-hybridized carbons (Fsp3) is 0.364. The van der Waals surface area contributed by atoms with Crippen molar-refractivity contribution in [1.29, 1.82) is 0 Å². The van der Waals surface area contributed by atoms with Crippen molar-refractivity contribution in [3.63, 3.8) is 0 Å². The lowest BCUT2D eigenvalue weighted by Gasteiger charge is -2.15. The van der Waals surface area contributed by atoms with Crippen molar-refractivity contribution in [2.24, 2.45) is 0 Å². The Labute approximate surface area is 96.2 Å². The van der Waals surface area contributed by atoms with Crippen LogP contribution in [0.25, 0.3) is 0 Å². The van der Waals surface area contributed by atoms with Gasteiger partial charge in [0.1, 0.15) is 5.82 Å². The molecule has 4 heteroatoms. The number of rotatable bonds is 1. The minimum Gasteiger partial charge on any atom is -0.339 e. The number of carbonyl (C=O) groups excluding carboxylic acids is 1. The van der Waals surface area contributed by atoms with Gasteiger partial charge in [-0.1, -0.05) is 15.9 Å². The lowest BCUT2D eigenvalue weighted by Crippen LogP contribution is -2.28. The number of nitrogens with zero attached hydrogens (tertiary/aromatic N) is 1. The van der Waals surface area contributed by atoms with Crippen LogP contribution in [0.2, 0.25) is 0 Å². The van der Waals surface area contributed by atoms with Crippen LogP contribution in [0.1, 0.15) is 23.2 Å². The van der Waals surface area contributed by atoms with Gasteiger partial charge >= 0.3 is 0 Å². The summed E-state index contributed by atoms with van der Waals surface area (Å²) in [6, 6.07) is 4.44. The monoisotopic (exact) mass is 271 g/mol. The molecule has 2 nitrogen and oxygen atoms in total. The quantitative estimate of drug-likeness (QED) is 0.769. The van der Waals surface area contributed by atoms with Crippen molar-refractivity contribution in [1.82, 2.24) is 4.90 Å². The van der Waals surface area contributed by atoms with Crippen molar-refractivity contribution in [3.05, 3.63) is 34.1 Å². The molecule has 0 N–H and O–H groups in total. The first-order chi connectivity index (χ1) is 7.18. The zero-order chi connectivity index (χ0) is 10.8. The molecule has 80 valence electrons. The molecule has 1 heterocycles. The second kappa shape index (κ2) is 4.31. The fourth-order valence-electron chi connectivity index (χ4n) is 1.75. The summed E-state index contributed by atoms with van der Waals surface area (Å²) >= 11 is 3.24. The van der Waals surface area contributed by atoms with Gasteiger partial charge in [-0.15, -0.1) is 0 Å². The molecule has 1 aromatic carbocycles. The molecule has 0 unspecified atom stereocenters. The Morgan fingerprint density at radius 3 is 2.67 bits per heavy atom. The molecular formula is C11H11BrFNO. The van der Waals surface area contributed by atoms with Crippen LogP contribution in [0.3, 0.4) is 0 Å². The third-order valence-electron chi connectivity index (χ3n) is 2.55. The number of likely N-dealkylation sites (tertiary alicyclic amines) is 1. The van der Waals surface area contributed by atoms with E-state index in [1.807, 2.05) is 0 Å². The zero-order valence-electron chi connectivity index (χ0n) is 8.17. The van der Waals surface area contributed by atoms with E-state index in [0.717, 1.165) is 30.4 Å². The molecule has 1 fully saturated rings. The Morgan fingerprint density at radius 1 is 1.33 bits per heavy atom. The lowest BCUT2D eigenvalue weighted by atomic mass is 10.2. The number of hydrogen-bond donors (Lipinski definition) is 0. The van der Waals surface area contributed by atoms with Crippen LogP contribution >= 0.6 is 15.9 Å². The number of halogens is 2. The zero-order valence-corrected chi connectivity index (χ0v) is 9.76. The van der Waals surface area contributed by atoms with Gasteiger partial charge in [-0.2, -0.15) is 0 Å². The van der Waals surface area contributed by atoms with Crippen molar-refractivity contribution in [3.8, 4) is 0 Å². The first-order valence-corrected chi connectivity index (χ1v) is 5.72. The molecule has 1 amide bonds. The van der Waals surface area contributed by atoms with Crippen LogP contribution in [0.4, 0.5) is 4.39 Å². The highest BCUT2D eigenvalue weighted by molar-refractivity contribution is 9.10. The van der Waals surface area contributed by atoms with Gasteiger partial charge in [0.15, 0.2) is 0 Å². The van der Waals surface area contributed by atoms with Crippen LogP contribution in [-0.2, 0) is 0 Å². The minimum atomic E-state index is -0.449. The highest BCUT2D eigenvalue weighted by Crippen LogP contribution is 2.19. The van der Waals surface area contributed by atoms with Crippen molar-refractivity contribution in [2.75, 3.05) is 13.1 Å². The summed E-state index contributed by atoms with van der Waals surface area (Å²) in [5.74, 6) is -0.651. The largest absolute Gasteiger partial charge is 0.339 e. The van der Waals surface area contributed by atoms with Gasteiger partial charge < -0.3 is 4.90 Å². The Hall–Kier alpha value is -0.900. The van der Waals surface area contributed by atoms with Crippen molar-refractivity contribution in [2.45, 2.75) is 12.8 Å². The highest BCUT2D eigenvalue weighted by Gasteiger charge is 2.22. The van der Waals surface area contributed by atoms with Gasteiger partial charge in [0.05, 0.1) is 5.56 Å². The Kier molecular flexibility index (Phi) is 3.05. The highest BCUT2D eigenvalue weighted by atomic mass is 79.9. The SMILES string of the molecule is O=C(c1cc(Br)ccc1F)N1CCCC1. The van der Waals surface area contributed by atoms with Crippen LogP contribution in [-0.4, -0.2) is 23.9 Å². The summed E-state index contributed by atoms with van der Waals surface area (Å²) < 4.78 is 14.1. The summed E-state index contributed by atoms with van der Waals surface area (Å²) in [7, 11) is 0. The van der Waals surface area contributed by atoms with Gasteiger partial charge in [-0.25, -0.2) is 4.39 Å². The maximum absolute atomic E-state index is 13.4. The molecule has 1 aromatic rings. The van der Waals surface area contributed by atoms with Crippen molar-refractivity contribution < 1.29 is 9.18 Å². The Morgan fingerprint density at radius 2 is 2.00 bits per heavy atom. The van der Waals surface area contributed by atoms with Gasteiger partial charge in [0.2, 0.25) is 0 Å². The van der Waals surface area contributed by atoms with E-state index in [1.165, 1.54) is 12.1 Å². The van der Waals surface area contributed by atoms with Gasteiger partial charge in [-0.3, -0.25) is 4.79 Å². The average Bonchev–Trinajstić information content (AvgIpc) is 2.74. The van der Waals surface area contributed by atoms with Gasteiger partial charge in [-0.05, 0) is 31.0 Å². The predicted molar refractivity (Wildman–Crippen MR) is 59.2 cm³/mol. The van der Waals surface area contributed by atoms with E-state index in [1.54, 1.807) is 11.0 Å². The fourth-order valence-corrected chi connectivity index (χ4v) is 2.11. The second-order valence-corrected chi connectivity index (χ2v) is 4.54. The van der Waals surface area contributed by atoms with E-state index in [9.17, 15) is 9.18 Å². The van der Waals surface area contributed by atoms with Gasteiger partial charge in [0.25, 0.3) is 5.91 Å². The molecule has 2 rings (SSSR count). The number of hydrogen-bond acceptors (Lipinski definition) is 1. The number of benzene rings is 1. The van der Waals surface area contributed by atoms with E-state index in [-0.39, 0.29) is 11.5 Å². The normalized spacial score (nSPS) is 15.7. The van der Waals surface area contributed by atoms with Crippen LogP contribution in [0, 0.1) is 5.82 Å². The van der Waals surface area contributed by atoms with Crippen LogP contribution in [0.5, 0.6) is 0 Å². The minimum absolute atomic E-state index is 0.159. The second-order valence-electron chi connectivity index (χ2n) is 3.62. The van der Waals surface area contributed by atoms with E-state index < -0.39 is 5.82 Å². The standard InChI is InChI=1S/C11H11BrFNO/c12-8-3-4-10(13)9(7-8)11(15)14-5-1-2-6-14/h3-4,7H,1-2,5-6H2. The number of amides is 1. The molecule has 0 spiro atoms. The summed E-state index contributed by atoms with van der Waals surface area (Å²) in [6.07, 6.45) is 2.03. The summed E-state index contributed by atoms with van der Waals surface area (Å²) in [4.78, 5) is 13.6. The summed E-state index contributed by atoms with van der Waals surface area (Å²) in [6.45, 7) is 1.48. The molecule has 0 aliphatic carbocycles. The summed E-state index contributed by atoms with van der Waals surface area (Å²) in [5, 5.41) is 0. The Balaban J connectivity index is 2.27. The molecule has 0 radical (unpaired) electrons. The topological polar surface area (TPSA) is 20.3 Å². The molecule has 1 aliphatic rings. The molecule has 1 saturated heterocycles. The Bertz CT molecular complexity index is 388.